The molecule has 0 atom stereocenters. The summed E-state index contributed by atoms with van der Waals surface area (Å²) >= 11 is 1.48. The van der Waals surface area contributed by atoms with Gasteiger partial charge in [-0.25, -0.2) is 4.98 Å². The Morgan fingerprint density at radius 3 is 2.24 bits per heavy atom. The lowest BCUT2D eigenvalue weighted by molar-refractivity contribution is -0.115. The second-order valence-corrected chi connectivity index (χ2v) is 8.28. The lowest BCUT2D eigenvalue weighted by Gasteiger charge is -2.06. The molecule has 9 heteroatoms. The standard InChI is InChI=1S/C24H24N4O4S/c1-15-14-20(28-32-15)25-21(29)12-13-33-24-26-22(16-4-8-18(30-2)9-5-16)23(27-24)17-6-10-19(31-3)11-7-17/h4-11,14H,12-13H2,1-3H3,(H,26,27)(H,25,28,29). The first-order valence-corrected chi connectivity index (χ1v) is 11.3. The lowest BCUT2D eigenvalue weighted by atomic mass is 10.0. The average molecular weight is 465 g/mol. The van der Waals surface area contributed by atoms with Gasteiger partial charge in [0.1, 0.15) is 17.3 Å². The van der Waals surface area contributed by atoms with Crippen molar-refractivity contribution in [1.29, 1.82) is 0 Å². The first-order valence-electron chi connectivity index (χ1n) is 10.3. The number of aromatic amines is 1. The van der Waals surface area contributed by atoms with Crippen LogP contribution in [0.15, 0.2) is 64.3 Å². The molecule has 170 valence electrons. The van der Waals surface area contributed by atoms with E-state index in [9.17, 15) is 4.79 Å². The van der Waals surface area contributed by atoms with Crippen LogP contribution in [-0.2, 0) is 4.79 Å². The van der Waals surface area contributed by atoms with Crippen molar-refractivity contribution in [3.8, 4) is 34.0 Å². The molecule has 0 saturated heterocycles. The minimum absolute atomic E-state index is 0.131. The summed E-state index contributed by atoms with van der Waals surface area (Å²) in [5.41, 5.74) is 3.67. The number of carbonyl (C=O) groups excluding carboxylic acids is 1. The summed E-state index contributed by atoms with van der Waals surface area (Å²) in [5.74, 6) is 3.06. The van der Waals surface area contributed by atoms with Crippen molar-refractivity contribution in [2.24, 2.45) is 0 Å². The highest BCUT2D eigenvalue weighted by Crippen LogP contribution is 2.34. The molecule has 2 heterocycles. The van der Waals surface area contributed by atoms with Crippen molar-refractivity contribution in [2.75, 3.05) is 25.3 Å². The van der Waals surface area contributed by atoms with E-state index in [4.69, 9.17) is 19.0 Å². The van der Waals surface area contributed by atoms with Crippen molar-refractivity contribution in [3.05, 3.63) is 60.4 Å². The molecule has 0 spiro atoms. The van der Waals surface area contributed by atoms with E-state index in [1.165, 1.54) is 11.8 Å². The van der Waals surface area contributed by atoms with E-state index in [0.29, 0.717) is 23.8 Å². The van der Waals surface area contributed by atoms with Crippen LogP contribution in [0, 0.1) is 6.92 Å². The maximum atomic E-state index is 12.2. The maximum Gasteiger partial charge on any atom is 0.226 e. The third-order valence-electron chi connectivity index (χ3n) is 4.89. The number of aromatic nitrogens is 3. The highest BCUT2D eigenvalue weighted by molar-refractivity contribution is 7.99. The largest absolute Gasteiger partial charge is 0.497 e. The van der Waals surface area contributed by atoms with Crippen LogP contribution in [0.1, 0.15) is 12.2 Å². The SMILES string of the molecule is COc1ccc(-c2nc(SCCC(=O)Nc3cc(C)on3)[nH]c2-c2ccc(OC)cc2)cc1. The number of anilines is 1. The number of hydrogen-bond acceptors (Lipinski definition) is 7. The molecule has 0 aliphatic heterocycles. The van der Waals surface area contributed by atoms with E-state index < -0.39 is 0 Å². The summed E-state index contributed by atoms with van der Waals surface area (Å²) in [7, 11) is 3.28. The lowest BCUT2D eigenvalue weighted by Crippen LogP contribution is -2.12. The molecule has 0 aliphatic carbocycles. The van der Waals surface area contributed by atoms with E-state index in [1.54, 1.807) is 27.2 Å². The van der Waals surface area contributed by atoms with Gasteiger partial charge >= 0.3 is 0 Å². The number of amides is 1. The number of thioether (sulfide) groups is 1. The van der Waals surface area contributed by atoms with Gasteiger partial charge in [-0.15, -0.1) is 0 Å². The maximum absolute atomic E-state index is 12.2. The Labute approximate surface area is 195 Å². The number of hydrogen-bond donors (Lipinski definition) is 2. The molecule has 0 bridgehead atoms. The van der Waals surface area contributed by atoms with E-state index in [1.807, 2.05) is 48.5 Å². The van der Waals surface area contributed by atoms with E-state index in [2.05, 4.69) is 15.5 Å². The monoisotopic (exact) mass is 464 g/mol. The molecular formula is C24H24N4O4S. The smallest absolute Gasteiger partial charge is 0.226 e. The fourth-order valence-corrected chi connectivity index (χ4v) is 4.03. The molecule has 33 heavy (non-hydrogen) atoms. The van der Waals surface area contributed by atoms with Crippen LogP contribution >= 0.6 is 11.8 Å². The number of benzene rings is 2. The summed E-state index contributed by atoms with van der Waals surface area (Å²) in [6, 6.07) is 17.2. The number of aryl methyl sites for hydroxylation is 1. The zero-order valence-corrected chi connectivity index (χ0v) is 19.4. The summed E-state index contributed by atoms with van der Waals surface area (Å²) < 4.78 is 15.5. The van der Waals surface area contributed by atoms with Crippen molar-refractivity contribution >= 4 is 23.5 Å². The molecule has 0 aliphatic rings. The molecule has 8 nitrogen and oxygen atoms in total. The van der Waals surface area contributed by atoms with Gasteiger partial charge < -0.3 is 24.3 Å². The minimum atomic E-state index is -0.131. The van der Waals surface area contributed by atoms with Crippen LogP contribution in [0.2, 0.25) is 0 Å². The Hall–Kier alpha value is -3.72. The topological polar surface area (TPSA) is 102 Å². The third-order valence-corrected chi connectivity index (χ3v) is 5.76. The highest BCUT2D eigenvalue weighted by Gasteiger charge is 2.16. The van der Waals surface area contributed by atoms with Crippen LogP contribution in [0.4, 0.5) is 5.82 Å². The van der Waals surface area contributed by atoms with Gasteiger partial charge in [-0.2, -0.15) is 0 Å². The zero-order chi connectivity index (χ0) is 23.2. The minimum Gasteiger partial charge on any atom is -0.497 e. The molecule has 1 amide bonds. The molecule has 0 unspecified atom stereocenters. The highest BCUT2D eigenvalue weighted by atomic mass is 32.2. The van der Waals surface area contributed by atoms with Crippen molar-refractivity contribution in [2.45, 2.75) is 18.5 Å². The Balaban J connectivity index is 1.51. The van der Waals surface area contributed by atoms with Crippen molar-refractivity contribution in [1.82, 2.24) is 15.1 Å². The van der Waals surface area contributed by atoms with Gasteiger partial charge in [0.05, 0.1) is 25.6 Å². The number of imidazole rings is 1. The predicted octanol–water partition coefficient (Wildman–Crippen LogP) is 5.18. The third kappa shape index (κ3) is 5.56. The van der Waals surface area contributed by atoms with Crippen LogP contribution in [0.25, 0.3) is 22.5 Å². The molecule has 2 N–H and O–H groups in total. The van der Waals surface area contributed by atoms with Crippen LogP contribution in [-0.4, -0.2) is 41.0 Å². The second-order valence-electron chi connectivity index (χ2n) is 7.19. The fourth-order valence-electron chi connectivity index (χ4n) is 3.22. The van der Waals surface area contributed by atoms with Gasteiger partial charge in [0.2, 0.25) is 5.91 Å². The normalized spacial score (nSPS) is 10.8. The Morgan fingerprint density at radius 1 is 1.03 bits per heavy atom. The number of H-pyrrole nitrogens is 1. The Kier molecular flexibility index (Phi) is 6.99. The predicted molar refractivity (Wildman–Crippen MR) is 128 cm³/mol. The molecule has 0 fully saturated rings. The number of rotatable bonds is 9. The quantitative estimate of drug-likeness (QED) is 0.329. The molecule has 2 aromatic carbocycles. The Bertz CT molecular complexity index is 1150. The van der Waals surface area contributed by atoms with E-state index in [0.717, 1.165) is 39.2 Å². The molecule has 0 saturated carbocycles. The van der Waals surface area contributed by atoms with Crippen LogP contribution in [0.5, 0.6) is 11.5 Å². The summed E-state index contributed by atoms with van der Waals surface area (Å²) in [4.78, 5) is 20.4. The average Bonchev–Trinajstić information content (AvgIpc) is 3.45. The first-order chi connectivity index (χ1) is 16.1. The van der Waals surface area contributed by atoms with E-state index in [-0.39, 0.29) is 5.91 Å². The summed E-state index contributed by atoms with van der Waals surface area (Å²) in [5, 5.41) is 7.24. The van der Waals surface area contributed by atoms with Crippen molar-refractivity contribution < 1.29 is 18.8 Å². The van der Waals surface area contributed by atoms with Gasteiger partial charge in [-0.1, -0.05) is 16.9 Å². The molecule has 2 aromatic heterocycles. The number of methoxy groups -OCH3 is 2. The van der Waals surface area contributed by atoms with Gasteiger partial charge in [0, 0.05) is 29.4 Å². The number of nitrogens with zero attached hydrogens (tertiary/aromatic N) is 2. The summed E-state index contributed by atoms with van der Waals surface area (Å²) in [6.07, 6.45) is 0.313. The van der Waals surface area contributed by atoms with Gasteiger partial charge in [-0.3, -0.25) is 4.79 Å². The molecular weight excluding hydrogens is 440 g/mol. The number of ether oxygens (including phenoxy) is 2. The molecule has 4 aromatic rings. The Morgan fingerprint density at radius 2 is 1.67 bits per heavy atom. The van der Waals surface area contributed by atoms with Crippen LogP contribution in [0.3, 0.4) is 0 Å². The number of nitrogens with one attached hydrogen (secondary N) is 2. The van der Waals surface area contributed by atoms with Crippen LogP contribution < -0.4 is 14.8 Å². The van der Waals surface area contributed by atoms with E-state index >= 15 is 0 Å². The second kappa shape index (κ2) is 10.3. The number of carbonyl (C=O) groups is 1. The zero-order valence-electron chi connectivity index (χ0n) is 18.5. The van der Waals surface area contributed by atoms with Gasteiger partial charge in [0.15, 0.2) is 11.0 Å². The van der Waals surface area contributed by atoms with Gasteiger partial charge in [0.25, 0.3) is 0 Å². The fraction of sp³-hybridized carbons (Fsp3) is 0.208. The first kappa shape index (κ1) is 22.5. The van der Waals surface area contributed by atoms with Crippen molar-refractivity contribution in [3.63, 3.8) is 0 Å². The van der Waals surface area contributed by atoms with Gasteiger partial charge in [-0.05, 0) is 55.5 Å². The molecule has 0 radical (unpaired) electrons. The molecule has 4 rings (SSSR count). The summed E-state index contributed by atoms with van der Waals surface area (Å²) in [6.45, 7) is 1.77.